The Hall–Kier alpha value is -1.58. The van der Waals surface area contributed by atoms with Gasteiger partial charge in [0.2, 0.25) is 0 Å². The van der Waals surface area contributed by atoms with E-state index in [1.165, 1.54) is 12.4 Å². The molecule has 3 nitrogen and oxygen atoms in total. The summed E-state index contributed by atoms with van der Waals surface area (Å²) in [5.41, 5.74) is 1.41. The van der Waals surface area contributed by atoms with Crippen LogP contribution in [0.15, 0.2) is 42.7 Å². The van der Waals surface area contributed by atoms with Crippen molar-refractivity contribution in [1.29, 1.82) is 0 Å². The average molecular weight is 296 g/mol. The molecular weight excluding hydrogens is 285 g/mol. The molecule has 1 aromatic carbocycles. The highest BCUT2D eigenvalue weighted by Crippen LogP contribution is 2.27. The molecule has 98 valence electrons. The van der Waals surface area contributed by atoms with Gasteiger partial charge in [0.25, 0.3) is 0 Å². The molecule has 1 heterocycles. The summed E-state index contributed by atoms with van der Waals surface area (Å²) in [5, 5.41) is 10.3. The lowest BCUT2D eigenvalue weighted by molar-refractivity contribution is -0.138. The minimum atomic E-state index is -0.923. The predicted molar refractivity (Wildman–Crippen MR) is 74.8 cm³/mol. The number of pyridine rings is 1. The van der Waals surface area contributed by atoms with Crippen LogP contribution < -0.4 is 0 Å². The number of nitrogens with zero attached hydrogens (tertiary/aromatic N) is 1. The number of halogens is 2. The van der Waals surface area contributed by atoms with Crippen LogP contribution in [0.25, 0.3) is 0 Å². The fourth-order valence-corrected chi connectivity index (χ4v) is 2.36. The smallest absolute Gasteiger partial charge is 0.311 e. The lowest BCUT2D eigenvalue weighted by Gasteiger charge is -2.14. The Morgan fingerprint density at radius 2 is 2.11 bits per heavy atom. The highest BCUT2D eigenvalue weighted by atomic mass is 35.5. The highest BCUT2D eigenvalue weighted by molar-refractivity contribution is 6.31. The van der Waals surface area contributed by atoms with Crippen LogP contribution in [0.5, 0.6) is 0 Å². The van der Waals surface area contributed by atoms with Gasteiger partial charge in [0.15, 0.2) is 0 Å². The molecule has 1 aromatic heterocycles. The third kappa shape index (κ3) is 3.46. The van der Waals surface area contributed by atoms with Gasteiger partial charge < -0.3 is 5.11 Å². The second kappa shape index (κ2) is 6.04. The van der Waals surface area contributed by atoms with Gasteiger partial charge in [-0.3, -0.25) is 9.78 Å². The second-order valence-corrected chi connectivity index (χ2v) is 4.97. The number of rotatable bonds is 4. The summed E-state index contributed by atoms with van der Waals surface area (Å²) < 4.78 is 0. The van der Waals surface area contributed by atoms with Crippen LogP contribution in [-0.2, 0) is 11.2 Å². The molecule has 0 saturated carbocycles. The van der Waals surface area contributed by atoms with E-state index < -0.39 is 11.9 Å². The number of aliphatic carboxylic acids is 1. The lowest BCUT2D eigenvalue weighted by atomic mass is 9.93. The van der Waals surface area contributed by atoms with Crippen molar-refractivity contribution in [3.05, 3.63) is 63.9 Å². The maximum Gasteiger partial charge on any atom is 0.311 e. The van der Waals surface area contributed by atoms with Gasteiger partial charge in [0, 0.05) is 17.4 Å². The van der Waals surface area contributed by atoms with Gasteiger partial charge in [0.1, 0.15) is 0 Å². The summed E-state index contributed by atoms with van der Waals surface area (Å²) in [6.07, 6.45) is 3.32. The molecule has 0 fully saturated rings. The molecule has 0 spiro atoms. The first-order valence-electron chi connectivity index (χ1n) is 5.64. The molecule has 0 aliphatic heterocycles. The first-order valence-corrected chi connectivity index (χ1v) is 6.40. The van der Waals surface area contributed by atoms with Crippen molar-refractivity contribution in [2.24, 2.45) is 0 Å². The van der Waals surface area contributed by atoms with Crippen molar-refractivity contribution in [1.82, 2.24) is 4.98 Å². The zero-order valence-electron chi connectivity index (χ0n) is 9.88. The number of aromatic nitrogens is 1. The van der Waals surface area contributed by atoms with Gasteiger partial charge in [-0.15, -0.1) is 0 Å². The van der Waals surface area contributed by atoms with E-state index in [-0.39, 0.29) is 0 Å². The van der Waals surface area contributed by atoms with Crippen molar-refractivity contribution >= 4 is 29.2 Å². The Kier molecular flexibility index (Phi) is 4.40. The first-order chi connectivity index (χ1) is 9.08. The standard InChI is InChI=1S/C14H11Cl2NO2/c15-10-3-1-2-9(6-10)7-12(14(18)19)11-4-5-17-8-13(11)16/h1-6,8,12H,7H2,(H,18,19). The van der Waals surface area contributed by atoms with E-state index in [0.717, 1.165) is 5.56 Å². The van der Waals surface area contributed by atoms with Gasteiger partial charge in [0.05, 0.1) is 10.9 Å². The number of carboxylic acids is 1. The molecule has 0 bridgehead atoms. The Balaban J connectivity index is 2.32. The van der Waals surface area contributed by atoms with E-state index in [2.05, 4.69) is 4.98 Å². The van der Waals surface area contributed by atoms with Crippen molar-refractivity contribution < 1.29 is 9.90 Å². The van der Waals surface area contributed by atoms with Crippen molar-refractivity contribution in [3.8, 4) is 0 Å². The zero-order valence-corrected chi connectivity index (χ0v) is 11.4. The Bertz CT molecular complexity index is 602. The molecule has 0 amide bonds. The van der Waals surface area contributed by atoms with E-state index in [0.29, 0.717) is 22.0 Å². The van der Waals surface area contributed by atoms with Crippen molar-refractivity contribution in [2.75, 3.05) is 0 Å². The lowest BCUT2D eigenvalue weighted by Crippen LogP contribution is -2.15. The Morgan fingerprint density at radius 1 is 1.32 bits per heavy atom. The minimum absolute atomic E-state index is 0.333. The largest absolute Gasteiger partial charge is 0.481 e. The van der Waals surface area contributed by atoms with Crippen LogP contribution in [0, 0.1) is 0 Å². The summed E-state index contributed by atoms with van der Waals surface area (Å²) in [4.78, 5) is 15.3. The van der Waals surface area contributed by atoms with Crippen LogP contribution in [0.3, 0.4) is 0 Å². The zero-order chi connectivity index (χ0) is 13.8. The molecule has 1 N–H and O–H groups in total. The number of hydrogen-bond acceptors (Lipinski definition) is 2. The minimum Gasteiger partial charge on any atom is -0.481 e. The molecule has 0 saturated heterocycles. The van der Waals surface area contributed by atoms with E-state index in [1.807, 2.05) is 6.07 Å². The summed E-state index contributed by atoms with van der Waals surface area (Å²) in [7, 11) is 0. The number of carboxylic acid groups (broad SMARTS) is 1. The van der Waals surface area contributed by atoms with E-state index in [1.54, 1.807) is 24.3 Å². The fourth-order valence-electron chi connectivity index (χ4n) is 1.90. The monoisotopic (exact) mass is 295 g/mol. The molecule has 19 heavy (non-hydrogen) atoms. The van der Waals surface area contributed by atoms with Crippen LogP contribution >= 0.6 is 23.2 Å². The molecule has 2 rings (SSSR count). The van der Waals surface area contributed by atoms with Gasteiger partial charge in [-0.2, -0.15) is 0 Å². The van der Waals surface area contributed by atoms with Gasteiger partial charge in [-0.1, -0.05) is 35.3 Å². The Labute approximate surface area is 120 Å². The third-order valence-corrected chi connectivity index (χ3v) is 3.36. The molecule has 0 radical (unpaired) electrons. The van der Waals surface area contributed by atoms with E-state index in [4.69, 9.17) is 23.2 Å². The number of carbonyl (C=O) groups is 1. The summed E-state index contributed by atoms with van der Waals surface area (Å²) in [5.74, 6) is -1.64. The molecule has 5 heteroatoms. The molecule has 1 unspecified atom stereocenters. The van der Waals surface area contributed by atoms with E-state index >= 15 is 0 Å². The van der Waals surface area contributed by atoms with Gasteiger partial charge in [-0.05, 0) is 35.7 Å². The maximum atomic E-state index is 11.4. The number of hydrogen-bond donors (Lipinski definition) is 1. The van der Waals surface area contributed by atoms with Crippen molar-refractivity contribution in [2.45, 2.75) is 12.3 Å². The summed E-state index contributed by atoms with van der Waals surface area (Å²) >= 11 is 11.9. The van der Waals surface area contributed by atoms with Crippen LogP contribution in [0.4, 0.5) is 0 Å². The van der Waals surface area contributed by atoms with Gasteiger partial charge in [-0.25, -0.2) is 0 Å². The average Bonchev–Trinajstić information content (AvgIpc) is 2.37. The summed E-state index contributed by atoms with van der Waals surface area (Å²) in [6, 6.07) is 8.78. The van der Waals surface area contributed by atoms with Gasteiger partial charge >= 0.3 is 5.97 Å². The maximum absolute atomic E-state index is 11.4. The fraction of sp³-hybridized carbons (Fsp3) is 0.143. The quantitative estimate of drug-likeness (QED) is 0.933. The van der Waals surface area contributed by atoms with Crippen molar-refractivity contribution in [3.63, 3.8) is 0 Å². The molecule has 0 aliphatic rings. The normalized spacial score (nSPS) is 12.1. The number of benzene rings is 1. The van der Waals surface area contributed by atoms with E-state index in [9.17, 15) is 9.90 Å². The molecule has 1 atom stereocenters. The summed E-state index contributed by atoms with van der Waals surface area (Å²) in [6.45, 7) is 0. The molecule has 0 aliphatic carbocycles. The first kappa shape index (κ1) is 13.8. The predicted octanol–water partition coefficient (Wildman–Crippen LogP) is 3.80. The topological polar surface area (TPSA) is 50.2 Å². The van der Waals surface area contributed by atoms with Crippen LogP contribution in [0.2, 0.25) is 10.0 Å². The molecular formula is C14H11Cl2NO2. The Morgan fingerprint density at radius 3 is 2.74 bits per heavy atom. The third-order valence-electron chi connectivity index (χ3n) is 2.81. The molecule has 2 aromatic rings. The second-order valence-electron chi connectivity index (χ2n) is 4.12. The highest BCUT2D eigenvalue weighted by Gasteiger charge is 2.22. The van der Waals surface area contributed by atoms with Crippen LogP contribution in [0.1, 0.15) is 17.0 Å². The SMILES string of the molecule is O=C(O)C(Cc1cccc(Cl)c1)c1ccncc1Cl. The van der Waals surface area contributed by atoms with Crippen LogP contribution in [-0.4, -0.2) is 16.1 Å².